The number of aryl methyl sites for hydroxylation is 1. The van der Waals surface area contributed by atoms with Gasteiger partial charge in [0.05, 0.1) is 5.56 Å². The smallest absolute Gasteiger partial charge is 0.201 e. The summed E-state index contributed by atoms with van der Waals surface area (Å²) in [4.78, 5) is 0. The van der Waals surface area contributed by atoms with Crippen LogP contribution in [0.1, 0.15) is 0 Å². The Kier molecular flexibility index (Phi) is 1.98. The average molecular weight is 197 g/mol. The molecule has 0 fully saturated rings. The molecule has 0 radical (unpaired) electrons. The summed E-state index contributed by atoms with van der Waals surface area (Å²) in [6, 6.07) is 3.80. The van der Waals surface area contributed by atoms with Crippen LogP contribution in [0.5, 0.6) is 0 Å². The molecule has 0 unspecified atom stereocenters. The van der Waals surface area contributed by atoms with E-state index in [1.807, 2.05) is 36.1 Å². The number of hydrogen-bond donors (Lipinski definition) is 0. The lowest BCUT2D eigenvalue weighted by Crippen LogP contribution is -2.26. The molecular formula is C8H7ClN3O+. The summed E-state index contributed by atoms with van der Waals surface area (Å²) in [5, 5.41) is 7.47. The molecule has 2 aromatic heterocycles. The first-order valence-corrected chi connectivity index (χ1v) is 4.09. The molecule has 0 aliphatic heterocycles. The molecule has 5 heteroatoms. The molecule has 13 heavy (non-hydrogen) atoms. The van der Waals surface area contributed by atoms with E-state index in [-0.39, 0.29) is 5.15 Å². The van der Waals surface area contributed by atoms with Crippen molar-refractivity contribution in [2.75, 3.05) is 0 Å². The van der Waals surface area contributed by atoms with Crippen LogP contribution in [-0.4, -0.2) is 10.3 Å². The van der Waals surface area contributed by atoms with E-state index in [1.165, 1.54) is 0 Å². The Morgan fingerprint density at radius 1 is 1.46 bits per heavy atom. The number of rotatable bonds is 1. The summed E-state index contributed by atoms with van der Waals surface area (Å²) in [7, 11) is 1.92. The first kappa shape index (κ1) is 8.19. The largest absolute Gasteiger partial charge is 0.242 e. The number of pyridine rings is 1. The molecule has 2 heterocycles. The summed E-state index contributed by atoms with van der Waals surface area (Å²) < 4.78 is 6.40. The highest BCUT2D eigenvalue weighted by atomic mass is 35.5. The molecule has 0 aromatic carbocycles. The van der Waals surface area contributed by atoms with E-state index >= 15 is 0 Å². The van der Waals surface area contributed by atoms with Crippen LogP contribution < -0.4 is 4.57 Å². The summed E-state index contributed by atoms with van der Waals surface area (Å²) in [5.74, 6) is 0. The molecule has 0 bridgehead atoms. The molecule has 2 rings (SSSR count). The topological polar surface area (TPSA) is 42.8 Å². The van der Waals surface area contributed by atoms with Gasteiger partial charge in [-0.2, -0.15) is 0 Å². The van der Waals surface area contributed by atoms with E-state index in [0.29, 0.717) is 5.69 Å². The van der Waals surface area contributed by atoms with Crippen LogP contribution in [0, 0.1) is 0 Å². The van der Waals surface area contributed by atoms with Crippen molar-refractivity contribution in [1.82, 2.24) is 10.3 Å². The zero-order valence-electron chi connectivity index (χ0n) is 6.94. The van der Waals surface area contributed by atoms with Gasteiger partial charge >= 0.3 is 0 Å². The molecule has 0 N–H and O–H groups in total. The summed E-state index contributed by atoms with van der Waals surface area (Å²) in [6.07, 6.45) is 3.82. The van der Waals surface area contributed by atoms with Crippen LogP contribution in [0.15, 0.2) is 29.2 Å². The number of nitrogens with zero attached hydrogens (tertiary/aromatic N) is 3. The van der Waals surface area contributed by atoms with E-state index in [0.717, 1.165) is 5.56 Å². The van der Waals surface area contributed by atoms with Crippen molar-refractivity contribution < 1.29 is 9.20 Å². The minimum absolute atomic E-state index is 0.284. The predicted molar refractivity (Wildman–Crippen MR) is 45.9 cm³/mol. The Balaban J connectivity index is 2.53. The zero-order chi connectivity index (χ0) is 9.26. The average Bonchev–Trinajstić information content (AvgIpc) is 2.51. The molecule has 0 spiro atoms. The Hall–Kier alpha value is -1.42. The highest BCUT2D eigenvalue weighted by Gasteiger charge is 2.11. The van der Waals surface area contributed by atoms with Crippen LogP contribution in [0.2, 0.25) is 5.15 Å². The Morgan fingerprint density at radius 2 is 2.31 bits per heavy atom. The lowest BCUT2D eigenvalue weighted by atomic mass is 10.2. The SMILES string of the molecule is C[n+]1cccc(-c2nonc2Cl)c1. The van der Waals surface area contributed by atoms with Gasteiger partial charge in [-0.25, -0.2) is 9.20 Å². The van der Waals surface area contributed by atoms with Gasteiger partial charge in [-0.15, -0.1) is 0 Å². The fourth-order valence-electron chi connectivity index (χ4n) is 1.08. The Bertz CT molecular complexity index is 427. The van der Waals surface area contributed by atoms with Gasteiger partial charge in [-0.1, -0.05) is 11.6 Å². The molecule has 0 atom stereocenters. The van der Waals surface area contributed by atoms with E-state index in [4.69, 9.17) is 11.6 Å². The van der Waals surface area contributed by atoms with Gasteiger partial charge < -0.3 is 0 Å². The number of aromatic nitrogens is 3. The molecule has 0 saturated carbocycles. The minimum Gasteiger partial charge on any atom is -0.242 e. The normalized spacial score (nSPS) is 10.3. The van der Waals surface area contributed by atoms with Crippen molar-refractivity contribution in [3.8, 4) is 11.3 Å². The third-order valence-electron chi connectivity index (χ3n) is 1.66. The van der Waals surface area contributed by atoms with E-state index in [1.54, 1.807) is 0 Å². The molecular weight excluding hydrogens is 190 g/mol. The second-order valence-corrected chi connectivity index (χ2v) is 3.02. The van der Waals surface area contributed by atoms with Gasteiger partial charge in [0.1, 0.15) is 7.05 Å². The summed E-state index contributed by atoms with van der Waals surface area (Å²) in [5.41, 5.74) is 1.45. The fraction of sp³-hybridized carbons (Fsp3) is 0.125. The Labute approximate surface area is 79.7 Å². The zero-order valence-corrected chi connectivity index (χ0v) is 7.69. The maximum atomic E-state index is 5.75. The van der Waals surface area contributed by atoms with Gasteiger partial charge in [-0.05, 0) is 16.4 Å². The van der Waals surface area contributed by atoms with Gasteiger partial charge in [-0.3, -0.25) is 0 Å². The van der Waals surface area contributed by atoms with Crippen molar-refractivity contribution in [3.05, 3.63) is 29.7 Å². The molecule has 66 valence electrons. The summed E-state index contributed by atoms with van der Waals surface area (Å²) in [6.45, 7) is 0. The van der Waals surface area contributed by atoms with E-state index < -0.39 is 0 Å². The maximum Gasteiger partial charge on any atom is 0.201 e. The standard InChI is InChI=1S/C8H7ClN3O/c1-12-4-2-3-6(5-12)7-8(9)11-13-10-7/h2-5H,1H3/q+1. The molecule has 0 aliphatic carbocycles. The first-order valence-electron chi connectivity index (χ1n) is 3.71. The van der Waals surface area contributed by atoms with Gasteiger partial charge in [0.2, 0.25) is 5.15 Å². The van der Waals surface area contributed by atoms with Crippen molar-refractivity contribution in [3.63, 3.8) is 0 Å². The highest BCUT2D eigenvalue weighted by molar-refractivity contribution is 6.31. The quantitative estimate of drug-likeness (QED) is 0.644. The van der Waals surface area contributed by atoms with Crippen LogP contribution in [0.3, 0.4) is 0 Å². The van der Waals surface area contributed by atoms with Crippen molar-refractivity contribution in [2.45, 2.75) is 0 Å². The number of halogens is 1. The Morgan fingerprint density at radius 3 is 2.92 bits per heavy atom. The molecule has 4 nitrogen and oxygen atoms in total. The molecule has 2 aromatic rings. The first-order chi connectivity index (χ1) is 6.27. The maximum absolute atomic E-state index is 5.75. The van der Waals surface area contributed by atoms with Gasteiger partial charge in [0, 0.05) is 6.07 Å². The van der Waals surface area contributed by atoms with Gasteiger partial charge in [0.15, 0.2) is 18.1 Å². The van der Waals surface area contributed by atoms with E-state index in [2.05, 4.69) is 14.9 Å². The lowest BCUT2D eigenvalue weighted by Gasteiger charge is -1.91. The minimum atomic E-state index is 0.284. The van der Waals surface area contributed by atoms with Crippen molar-refractivity contribution in [1.29, 1.82) is 0 Å². The molecule has 0 amide bonds. The summed E-state index contributed by atoms with van der Waals surface area (Å²) >= 11 is 5.75. The fourth-order valence-corrected chi connectivity index (χ4v) is 1.25. The predicted octanol–water partition coefficient (Wildman–Crippen LogP) is 1.21. The third kappa shape index (κ3) is 1.53. The highest BCUT2D eigenvalue weighted by Crippen LogP contribution is 2.21. The molecule has 0 aliphatic rings. The van der Waals surface area contributed by atoms with Crippen molar-refractivity contribution in [2.24, 2.45) is 7.05 Å². The molecule has 0 saturated heterocycles. The van der Waals surface area contributed by atoms with Crippen LogP contribution >= 0.6 is 11.6 Å². The van der Waals surface area contributed by atoms with Crippen LogP contribution in [0.4, 0.5) is 0 Å². The number of hydrogen-bond acceptors (Lipinski definition) is 3. The van der Waals surface area contributed by atoms with E-state index in [9.17, 15) is 0 Å². The monoisotopic (exact) mass is 196 g/mol. The second-order valence-electron chi connectivity index (χ2n) is 2.66. The van der Waals surface area contributed by atoms with Gasteiger partial charge in [0.25, 0.3) is 0 Å². The van der Waals surface area contributed by atoms with Crippen LogP contribution in [-0.2, 0) is 7.05 Å². The lowest BCUT2D eigenvalue weighted by molar-refractivity contribution is -0.671. The second kappa shape index (κ2) is 3.14. The van der Waals surface area contributed by atoms with Crippen LogP contribution in [0.25, 0.3) is 11.3 Å². The van der Waals surface area contributed by atoms with Crippen molar-refractivity contribution >= 4 is 11.6 Å². The third-order valence-corrected chi connectivity index (χ3v) is 1.91.